The fraction of sp³-hybridized carbons (Fsp3) is 0.448. The van der Waals surface area contributed by atoms with Crippen LogP contribution in [-0.4, -0.2) is 102 Å². The van der Waals surface area contributed by atoms with E-state index in [0.29, 0.717) is 44.6 Å². The standard InChI is InChI=1S/C29H35F2N7O5/c1-36(2)26(41)22-13-8-19(17-32-22)25(40)35-29(33-20-9-11-21(12-10-20)43-28(30)31)34-23-7-3-4-16-38(27(23)42)18-24(39)37-14-5-6-15-37/h8-13,17,23,28H,3-7,14-16,18H2,1-2H3,(H2,33,34,35,40). The summed E-state index contributed by atoms with van der Waals surface area (Å²) in [5.41, 5.74) is 0.677. The second-order valence-electron chi connectivity index (χ2n) is 10.5. The molecule has 1 aromatic heterocycles. The van der Waals surface area contributed by atoms with Gasteiger partial charge in [0.1, 0.15) is 17.5 Å². The van der Waals surface area contributed by atoms with Crippen LogP contribution in [0.5, 0.6) is 5.75 Å². The molecule has 4 amide bonds. The summed E-state index contributed by atoms with van der Waals surface area (Å²) in [7, 11) is 3.17. The fourth-order valence-corrected chi connectivity index (χ4v) is 4.76. The molecule has 3 heterocycles. The van der Waals surface area contributed by atoms with Gasteiger partial charge in [-0.3, -0.25) is 29.5 Å². The second-order valence-corrected chi connectivity index (χ2v) is 10.5. The lowest BCUT2D eigenvalue weighted by atomic mass is 10.1. The van der Waals surface area contributed by atoms with Gasteiger partial charge in [-0.2, -0.15) is 8.78 Å². The first-order chi connectivity index (χ1) is 20.6. The van der Waals surface area contributed by atoms with Crippen molar-refractivity contribution in [3.8, 4) is 5.75 Å². The first-order valence-electron chi connectivity index (χ1n) is 14.1. The third kappa shape index (κ3) is 8.69. The molecule has 0 spiro atoms. The Labute approximate surface area is 248 Å². The van der Waals surface area contributed by atoms with Crippen LogP contribution in [0.3, 0.4) is 0 Å². The monoisotopic (exact) mass is 599 g/mol. The van der Waals surface area contributed by atoms with Crippen molar-refractivity contribution >= 4 is 35.3 Å². The van der Waals surface area contributed by atoms with Crippen molar-refractivity contribution in [2.75, 3.05) is 45.6 Å². The summed E-state index contributed by atoms with van der Waals surface area (Å²) in [6.45, 7) is -1.22. The molecule has 0 aliphatic carbocycles. The van der Waals surface area contributed by atoms with Gasteiger partial charge in [-0.15, -0.1) is 0 Å². The van der Waals surface area contributed by atoms with Crippen LogP contribution >= 0.6 is 0 Å². The first-order valence-corrected chi connectivity index (χ1v) is 14.1. The molecule has 2 N–H and O–H groups in total. The van der Waals surface area contributed by atoms with Crippen LogP contribution in [0.15, 0.2) is 47.6 Å². The molecule has 2 fully saturated rings. The number of likely N-dealkylation sites (tertiary alicyclic amines) is 2. The van der Waals surface area contributed by atoms with Crippen LogP contribution in [0.2, 0.25) is 0 Å². The number of guanidine groups is 1. The molecule has 2 aliphatic heterocycles. The average molecular weight is 600 g/mol. The minimum Gasteiger partial charge on any atom is -0.435 e. The Balaban J connectivity index is 1.55. The zero-order valence-corrected chi connectivity index (χ0v) is 24.1. The maximum Gasteiger partial charge on any atom is 0.387 e. The predicted molar refractivity (Wildman–Crippen MR) is 154 cm³/mol. The lowest BCUT2D eigenvalue weighted by Gasteiger charge is -2.25. The largest absolute Gasteiger partial charge is 0.435 e. The van der Waals surface area contributed by atoms with Crippen LogP contribution < -0.4 is 15.4 Å². The van der Waals surface area contributed by atoms with E-state index in [9.17, 15) is 28.0 Å². The van der Waals surface area contributed by atoms with E-state index in [4.69, 9.17) is 0 Å². The number of carbonyl (C=O) groups excluding carboxylic acids is 4. The summed E-state index contributed by atoms with van der Waals surface area (Å²) in [4.78, 5) is 64.9. The van der Waals surface area contributed by atoms with Gasteiger partial charge in [0.05, 0.1) is 12.1 Å². The number of pyridine rings is 1. The molecule has 0 bridgehead atoms. The maximum absolute atomic E-state index is 13.5. The van der Waals surface area contributed by atoms with E-state index in [1.165, 1.54) is 52.4 Å². The summed E-state index contributed by atoms with van der Waals surface area (Å²) in [5.74, 6) is -1.48. The van der Waals surface area contributed by atoms with E-state index >= 15 is 0 Å². The van der Waals surface area contributed by atoms with Crippen LogP contribution in [0.25, 0.3) is 0 Å². The number of amides is 4. The highest BCUT2D eigenvalue weighted by Gasteiger charge is 2.30. The zero-order valence-electron chi connectivity index (χ0n) is 24.1. The molecule has 2 saturated heterocycles. The van der Waals surface area contributed by atoms with Gasteiger partial charge < -0.3 is 24.8 Å². The molecule has 2 aromatic rings. The first kappa shape index (κ1) is 31.3. The highest BCUT2D eigenvalue weighted by molar-refractivity contribution is 6.10. The number of ether oxygens (including phenoxy) is 1. The molecular formula is C29H35F2N7O5. The van der Waals surface area contributed by atoms with Crippen LogP contribution in [0, 0.1) is 0 Å². The van der Waals surface area contributed by atoms with Gasteiger partial charge in [-0.1, -0.05) is 0 Å². The molecule has 1 aromatic carbocycles. The Morgan fingerprint density at radius 1 is 1.05 bits per heavy atom. The number of aliphatic imine (C=N–C) groups is 1. The number of rotatable bonds is 8. The molecule has 2 aliphatic rings. The molecule has 230 valence electrons. The van der Waals surface area contributed by atoms with Crippen molar-refractivity contribution < 1.29 is 32.7 Å². The molecule has 12 nitrogen and oxygen atoms in total. The quantitative estimate of drug-likeness (QED) is 0.352. The van der Waals surface area contributed by atoms with Crippen LogP contribution in [-0.2, 0) is 9.59 Å². The van der Waals surface area contributed by atoms with Gasteiger partial charge >= 0.3 is 6.61 Å². The zero-order chi connectivity index (χ0) is 30.9. The summed E-state index contributed by atoms with van der Waals surface area (Å²) in [6, 6.07) is 7.54. The number of anilines is 1. The third-order valence-electron chi connectivity index (χ3n) is 7.05. The fourth-order valence-electron chi connectivity index (χ4n) is 4.76. The van der Waals surface area contributed by atoms with E-state index in [2.05, 4.69) is 25.3 Å². The molecule has 1 unspecified atom stereocenters. The number of nitrogens with zero attached hydrogens (tertiary/aromatic N) is 5. The highest BCUT2D eigenvalue weighted by Crippen LogP contribution is 2.20. The van der Waals surface area contributed by atoms with Gasteiger partial charge in [0.15, 0.2) is 0 Å². The Morgan fingerprint density at radius 3 is 2.37 bits per heavy atom. The summed E-state index contributed by atoms with van der Waals surface area (Å²) in [6.07, 6.45) is 4.93. The van der Waals surface area contributed by atoms with Gasteiger partial charge in [0.25, 0.3) is 11.8 Å². The Morgan fingerprint density at radius 2 is 1.74 bits per heavy atom. The lowest BCUT2D eigenvalue weighted by Crippen LogP contribution is -2.45. The van der Waals surface area contributed by atoms with E-state index in [1.807, 2.05) is 0 Å². The predicted octanol–water partition coefficient (Wildman–Crippen LogP) is 2.59. The number of aromatic nitrogens is 1. The highest BCUT2D eigenvalue weighted by atomic mass is 19.3. The number of hydrogen-bond acceptors (Lipinski definition) is 7. The molecule has 14 heteroatoms. The number of benzene rings is 1. The molecule has 1 atom stereocenters. The van der Waals surface area contributed by atoms with Crippen molar-refractivity contribution in [1.29, 1.82) is 0 Å². The Bertz CT molecular complexity index is 1330. The summed E-state index contributed by atoms with van der Waals surface area (Å²) in [5, 5.41) is 5.60. The lowest BCUT2D eigenvalue weighted by molar-refractivity contribution is -0.140. The normalized spacial score (nSPS) is 17.5. The Hall–Kier alpha value is -4.62. The van der Waals surface area contributed by atoms with Crippen molar-refractivity contribution in [2.24, 2.45) is 4.99 Å². The van der Waals surface area contributed by atoms with Crippen molar-refractivity contribution in [3.63, 3.8) is 0 Å². The third-order valence-corrected chi connectivity index (χ3v) is 7.05. The van der Waals surface area contributed by atoms with Crippen molar-refractivity contribution in [3.05, 3.63) is 53.9 Å². The smallest absolute Gasteiger partial charge is 0.387 e. The Kier molecular flexibility index (Phi) is 10.6. The molecule has 43 heavy (non-hydrogen) atoms. The number of hydrogen-bond donors (Lipinski definition) is 2. The summed E-state index contributed by atoms with van der Waals surface area (Å²) >= 11 is 0. The minimum absolute atomic E-state index is 0.0325. The average Bonchev–Trinajstić information content (AvgIpc) is 3.48. The van der Waals surface area contributed by atoms with Gasteiger partial charge in [-0.05, 0) is 68.5 Å². The molecule has 0 saturated carbocycles. The van der Waals surface area contributed by atoms with Crippen molar-refractivity contribution in [2.45, 2.75) is 44.8 Å². The summed E-state index contributed by atoms with van der Waals surface area (Å²) < 4.78 is 29.6. The minimum atomic E-state index is -2.98. The van der Waals surface area contributed by atoms with Crippen LogP contribution in [0.1, 0.15) is 53.0 Å². The molecular weight excluding hydrogens is 564 g/mol. The maximum atomic E-state index is 13.5. The van der Waals surface area contributed by atoms with Gasteiger partial charge in [0.2, 0.25) is 17.8 Å². The number of nitrogens with one attached hydrogen (secondary N) is 2. The van der Waals surface area contributed by atoms with E-state index in [0.717, 1.165) is 12.8 Å². The number of halogens is 2. The van der Waals surface area contributed by atoms with Gasteiger partial charge in [-0.25, -0.2) is 4.99 Å². The van der Waals surface area contributed by atoms with E-state index in [-0.39, 0.29) is 47.2 Å². The molecule has 0 radical (unpaired) electrons. The SMILES string of the molecule is CN(C)C(=O)c1ccc(C(=O)NC(=NC2CCCCN(CC(=O)N3CCCC3)C2=O)Nc2ccc(OC(F)F)cc2)cn1. The van der Waals surface area contributed by atoms with Gasteiger partial charge in [0, 0.05) is 45.6 Å². The molecule has 4 rings (SSSR count). The van der Waals surface area contributed by atoms with Crippen molar-refractivity contribution in [1.82, 2.24) is 25.0 Å². The second kappa shape index (κ2) is 14.5. The number of alkyl halides is 2. The topological polar surface area (TPSA) is 137 Å². The number of carbonyl (C=O) groups is 4. The van der Waals surface area contributed by atoms with E-state index in [1.54, 1.807) is 19.0 Å². The van der Waals surface area contributed by atoms with Crippen LogP contribution in [0.4, 0.5) is 14.5 Å². The van der Waals surface area contributed by atoms with E-state index < -0.39 is 18.6 Å².